The molecule has 0 bridgehead atoms. The van der Waals surface area contributed by atoms with E-state index in [1.54, 1.807) is 4.90 Å². The van der Waals surface area contributed by atoms with E-state index in [0.29, 0.717) is 5.02 Å². The van der Waals surface area contributed by atoms with Crippen LogP contribution in [-0.4, -0.2) is 24.9 Å². The number of nitrogens with zero attached hydrogens (tertiary/aromatic N) is 1. The van der Waals surface area contributed by atoms with Gasteiger partial charge in [-0.15, -0.1) is 0 Å². The molecule has 3 rings (SSSR count). The molecule has 21 heavy (non-hydrogen) atoms. The molecule has 0 spiro atoms. The number of carbonyl (C=O) groups is 1. The average Bonchev–Trinajstić information content (AvgIpc) is 3.24. The Morgan fingerprint density at radius 3 is 2.38 bits per heavy atom. The van der Waals surface area contributed by atoms with E-state index in [1.165, 1.54) is 5.56 Å². The van der Waals surface area contributed by atoms with E-state index in [1.807, 2.05) is 50.5 Å². The van der Waals surface area contributed by atoms with Crippen molar-refractivity contribution in [1.29, 1.82) is 0 Å². The lowest BCUT2D eigenvalue weighted by Gasteiger charge is -2.20. The van der Waals surface area contributed by atoms with Crippen molar-refractivity contribution in [2.24, 2.45) is 5.92 Å². The lowest BCUT2D eigenvalue weighted by atomic mass is 9.85. The van der Waals surface area contributed by atoms with E-state index in [9.17, 15) is 4.79 Å². The average molecular weight is 300 g/mol. The predicted molar refractivity (Wildman–Crippen MR) is 85.5 cm³/mol. The van der Waals surface area contributed by atoms with E-state index in [0.717, 1.165) is 12.0 Å². The van der Waals surface area contributed by atoms with Gasteiger partial charge in [0.05, 0.1) is 5.92 Å². The Kier molecular flexibility index (Phi) is 3.50. The van der Waals surface area contributed by atoms with Crippen molar-refractivity contribution < 1.29 is 4.79 Å². The highest BCUT2D eigenvalue weighted by atomic mass is 35.5. The van der Waals surface area contributed by atoms with Crippen LogP contribution in [0.4, 0.5) is 0 Å². The normalized spacial score (nSPS) is 23.7. The summed E-state index contributed by atoms with van der Waals surface area (Å²) in [5.41, 5.74) is 2.09. The first-order valence-corrected chi connectivity index (χ1v) is 7.46. The fourth-order valence-electron chi connectivity index (χ4n) is 3.18. The lowest BCUT2D eigenvalue weighted by molar-refractivity contribution is -0.130. The molecule has 1 saturated carbocycles. The number of carbonyl (C=O) groups excluding carboxylic acids is 1. The molecule has 0 radical (unpaired) electrons. The van der Waals surface area contributed by atoms with Gasteiger partial charge in [0.25, 0.3) is 0 Å². The Morgan fingerprint density at radius 2 is 1.76 bits per heavy atom. The Labute approximate surface area is 130 Å². The van der Waals surface area contributed by atoms with E-state index < -0.39 is 0 Å². The van der Waals surface area contributed by atoms with Gasteiger partial charge < -0.3 is 4.90 Å². The maximum atomic E-state index is 12.4. The standard InChI is InChI=1S/C18H18ClNO/c1-20(2)17(21)16-12-18(16,13-7-4-3-5-8-13)14-9-6-10-15(19)11-14/h3-11,16H,12H2,1-2H3. The topological polar surface area (TPSA) is 20.3 Å². The number of hydrogen-bond donors (Lipinski definition) is 0. The zero-order chi connectivity index (χ0) is 15.0. The van der Waals surface area contributed by atoms with E-state index in [2.05, 4.69) is 18.2 Å². The van der Waals surface area contributed by atoms with Gasteiger partial charge in [-0.1, -0.05) is 54.1 Å². The molecule has 2 aromatic carbocycles. The highest BCUT2D eigenvalue weighted by Crippen LogP contribution is 2.59. The monoisotopic (exact) mass is 299 g/mol. The van der Waals surface area contributed by atoms with Crippen LogP contribution in [0.15, 0.2) is 54.6 Å². The maximum Gasteiger partial charge on any atom is 0.226 e. The molecule has 2 nitrogen and oxygen atoms in total. The molecule has 1 aliphatic rings. The molecule has 108 valence electrons. The molecule has 3 heteroatoms. The second-order valence-electron chi connectivity index (χ2n) is 5.84. The van der Waals surface area contributed by atoms with Crippen molar-refractivity contribution in [3.05, 3.63) is 70.7 Å². The van der Waals surface area contributed by atoms with E-state index >= 15 is 0 Å². The molecular formula is C18H18ClNO. The summed E-state index contributed by atoms with van der Waals surface area (Å²) in [4.78, 5) is 14.1. The summed E-state index contributed by atoms with van der Waals surface area (Å²) in [5.74, 6) is 0.173. The summed E-state index contributed by atoms with van der Waals surface area (Å²) in [5, 5.41) is 0.714. The van der Waals surface area contributed by atoms with Crippen LogP contribution < -0.4 is 0 Å². The van der Waals surface area contributed by atoms with Crippen LogP contribution in [0.3, 0.4) is 0 Å². The molecule has 2 unspecified atom stereocenters. The van der Waals surface area contributed by atoms with Gasteiger partial charge in [-0.05, 0) is 29.7 Å². The second kappa shape index (κ2) is 5.19. The van der Waals surface area contributed by atoms with E-state index in [-0.39, 0.29) is 17.2 Å². The lowest BCUT2D eigenvalue weighted by Crippen LogP contribution is -2.28. The van der Waals surface area contributed by atoms with Crippen molar-refractivity contribution in [3.8, 4) is 0 Å². The maximum absolute atomic E-state index is 12.4. The number of halogens is 1. The van der Waals surface area contributed by atoms with Crippen LogP contribution in [0, 0.1) is 5.92 Å². The second-order valence-corrected chi connectivity index (χ2v) is 6.27. The number of rotatable bonds is 3. The minimum atomic E-state index is -0.229. The summed E-state index contributed by atoms with van der Waals surface area (Å²) in [6.07, 6.45) is 0.842. The quantitative estimate of drug-likeness (QED) is 0.845. The van der Waals surface area contributed by atoms with Gasteiger partial charge in [-0.2, -0.15) is 0 Å². The Morgan fingerprint density at radius 1 is 1.10 bits per heavy atom. The number of amides is 1. The molecular weight excluding hydrogens is 282 g/mol. The van der Waals surface area contributed by atoms with Gasteiger partial charge in [0.15, 0.2) is 0 Å². The fraction of sp³-hybridized carbons (Fsp3) is 0.278. The molecule has 0 aromatic heterocycles. The molecule has 1 amide bonds. The summed E-state index contributed by atoms with van der Waals surface area (Å²) in [6, 6.07) is 18.1. The molecule has 0 heterocycles. The first-order valence-electron chi connectivity index (χ1n) is 7.08. The molecule has 0 aliphatic heterocycles. The minimum absolute atomic E-state index is 0.00614. The summed E-state index contributed by atoms with van der Waals surface area (Å²) in [6.45, 7) is 0. The summed E-state index contributed by atoms with van der Waals surface area (Å²) in [7, 11) is 3.63. The van der Waals surface area contributed by atoms with Gasteiger partial charge in [0.1, 0.15) is 0 Å². The van der Waals surface area contributed by atoms with Crippen molar-refractivity contribution >= 4 is 17.5 Å². The fourth-order valence-corrected chi connectivity index (χ4v) is 3.37. The molecule has 1 aliphatic carbocycles. The van der Waals surface area contributed by atoms with Gasteiger partial charge in [-0.3, -0.25) is 4.79 Å². The van der Waals surface area contributed by atoms with Crippen LogP contribution >= 0.6 is 11.6 Å². The van der Waals surface area contributed by atoms with Crippen LogP contribution in [0.2, 0.25) is 5.02 Å². The zero-order valence-corrected chi connectivity index (χ0v) is 13.0. The van der Waals surface area contributed by atoms with Crippen LogP contribution in [0.5, 0.6) is 0 Å². The van der Waals surface area contributed by atoms with Gasteiger partial charge in [0.2, 0.25) is 5.91 Å². The van der Waals surface area contributed by atoms with Crippen LogP contribution in [0.25, 0.3) is 0 Å². The molecule has 2 aromatic rings. The Bertz CT molecular complexity index is 668. The third kappa shape index (κ3) is 2.34. The van der Waals surface area contributed by atoms with Crippen molar-refractivity contribution in [3.63, 3.8) is 0 Å². The third-order valence-electron chi connectivity index (χ3n) is 4.33. The molecule has 1 fully saturated rings. The van der Waals surface area contributed by atoms with Crippen molar-refractivity contribution in [1.82, 2.24) is 4.90 Å². The molecule has 0 N–H and O–H groups in total. The van der Waals surface area contributed by atoms with Crippen LogP contribution in [-0.2, 0) is 10.2 Å². The first kappa shape index (κ1) is 14.2. The zero-order valence-electron chi connectivity index (χ0n) is 12.2. The number of hydrogen-bond acceptors (Lipinski definition) is 1. The molecule has 0 saturated heterocycles. The van der Waals surface area contributed by atoms with Crippen molar-refractivity contribution in [2.45, 2.75) is 11.8 Å². The van der Waals surface area contributed by atoms with E-state index in [4.69, 9.17) is 11.6 Å². The minimum Gasteiger partial charge on any atom is -0.349 e. The summed E-state index contributed by atoms with van der Waals surface area (Å²) < 4.78 is 0. The highest BCUT2D eigenvalue weighted by molar-refractivity contribution is 6.30. The highest BCUT2D eigenvalue weighted by Gasteiger charge is 2.60. The van der Waals surface area contributed by atoms with Crippen LogP contribution in [0.1, 0.15) is 17.5 Å². The third-order valence-corrected chi connectivity index (χ3v) is 4.56. The summed E-state index contributed by atoms with van der Waals surface area (Å²) >= 11 is 6.16. The largest absolute Gasteiger partial charge is 0.349 e. The van der Waals surface area contributed by atoms with Crippen molar-refractivity contribution in [2.75, 3.05) is 14.1 Å². The molecule has 2 atom stereocenters. The van der Waals surface area contributed by atoms with Gasteiger partial charge in [-0.25, -0.2) is 0 Å². The predicted octanol–water partition coefficient (Wildman–Crippen LogP) is 3.73. The number of benzene rings is 2. The first-order chi connectivity index (χ1) is 10.1. The Hall–Kier alpha value is -1.80. The van der Waals surface area contributed by atoms with Gasteiger partial charge >= 0.3 is 0 Å². The smallest absolute Gasteiger partial charge is 0.226 e. The Balaban J connectivity index is 2.08. The SMILES string of the molecule is CN(C)C(=O)C1CC1(c1ccccc1)c1cccc(Cl)c1. The van der Waals surface area contributed by atoms with Gasteiger partial charge in [0, 0.05) is 24.5 Å².